The van der Waals surface area contributed by atoms with E-state index in [0.29, 0.717) is 17.8 Å². The van der Waals surface area contributed by atoms with Crippen LogP contribution in [0.15, 0.2) is 46.5 Å². The van der Waals surface area contributed by atoms with Crippen LogP contribution in [0.1, 0.15) is 21.6 Å². The molecule has 4 nitrogen and oxygen atoms in total. The van der Waals surface area contributed by atoms with Crippen LogP contribution in [0.2, 0.25) is 0 Å². The third-order valence-corrected chi connectivity index (χ3v) is 4.92. The van der Waals surface area contributed by atoms with Gasteiger partial charge in [0.2, 0.25) is 0 Å². The average molecular weight is 339 g/mol. The van der Waals surface area contributed by atoms with Crippen LogP contribution in [-0.4, -0.2) is 22.8 Å². The van der Waals surface area contributed by atoms with Gasteiger partial charge in [0.15, 0.2) is 0 Å². The predicted octanol–water partition coefficient (Wildman–Crippen LogP) is 4.02. The zero-order valence-electron chi connectivity index (χ0n) is 12.4. The number of hydrogen-bond donors (Lipinski definition) is 0. The van der Waals surface area contributed by atoms with Gasteiger partial charge in [-0.2, -0.15) is 16.6 Å². The van der Waals surface area contributed by atoms with Crippen LogP contribution >= 0.6 is 22.7 Å². The number of hydrogen-bond acceptors (Lipinski definition) is 5. The first-order valence-electron chi connectivity index (χ1n) is 6.90. The van der Waals surface area contributed by atoms with E-state index in [1.807, 2.05) is 29.0 Å². The van der Waals surface area contributed by atoms with E-state index >= 15 is 0 Å². The molecule has 1 amide bonds. The summed E-state index contributed by atoms with van der Waals surface area (Å²) in [5.41, 5.74) is 3.11. The van der Waals surface area contributed by atoms with Gasteiger partial charge in [-0.3, -0.25) is 4.79 Å². The van der Waals surface area contributed by atoms with E-state index in [-0.39, 0.29) is 5.91 Å². The van der Waals surface area contributed by atoms with Crippen molar-refractivity contribution in [3.05, 3.63) is 63.3 Å². The van der Waals surface area contributed by atoms with Gasteiger partial charge in [0.25, 0.3) is 5.91 Å². The van der Waals surface area contributed by atoms with Crippen molar-refractivity contribution in [3.8, 4) is 16.6 Å². The van der Waals surface area contributed by atoms with E-state index in [2.05, 4.69) is 11.1 Å². The maximum Gasteiger partial charge on any atom is 0.273 e. The molecule has 0 radical (unpaired) electrons. The summed E-state index contributed by atoms with van der Waals surface area (Å²) >= 11 is 3.09. The van der Waals surface area contributed by atoms with Gasteiger partial charge < -0.3 is 4.90 Å². The van der Waals surface area contributed by atoms with Gasteiger partial charge >= 0.3 is 0 Å². The monoisotopic (exact) mass is 339 g/mol. The molecule has 0 N–H and O–H groups in total. The Labute approximate surface area is 142 Å². The molecule has 1 aromatic carbocycles. The Balaban J connectivity index is 1.71. The highest BCUT2D eigenvalue weighted by molar-refractivity contribution is 7.14. The zero-order valence-corrected chi connectivity index (χ0v) is 14.0. The second-order valence-corrected chi connectivity index (χ2v) is 6.66. The van der Waals surface area contributed by atoms with Crippen LogP contribution < -0.4 is 0 Å². The fourth-order valence-electron chi connectivity index (χ4n) is 2.12. The van der Waals surface area contributed by atoms with Crippen molar-refractivity contribution in [1.82, 2.24) is 9.88 Å². The average Bonchev–Trinajstić information content (AvgIpc) is 3.26. The maximum atomic E-state index is 12.5. The van der Waals surface area contributed by atoms with E-state index in [1.54, 1.807) is 40.8 Å². The van der Waals surface area contributed by atoms with E-state index in [9.17, 15) is 4.79 Å². The summed E-state index contributed by atoms with van der Waals surface area (Å²) in [4.78, 5) is 18.5. The number of nitrogens with zero attached hydrogens (tertiary/aromatic N) is 3. The fourth-order valence-corrected chi connectivity index (χ4v) is 3.62. The highest BCUT2D eigenvalue weighted by Crippen LogP contribution is 2.26. The molecule has 0 saturated carbocycles. The Morgan fingerprint density at radius 1 is 1.26 bits per heavy atom. The van der Waals surface area contributed by atoms with Crippen molar-refractivity contribution in [2.24, 2.45) is 0 Å². The number of nitriles is 1. The summed E-state index contributed by atoms with van der Waals surface area (Å²) in [5, 5.41) is 15.5. The molecule has 0 bridgehead atoms. The lowest BCUT2D eigenvalue weighted by molar-refractivity contribution is 0.0780. The smallest absolute Gasteiger partial charge is 0.273 e. The molecule has 2 heterocycles. The Kier molecular flexibility index (Phi) is 4.51. The Hall–Kier alpha value is -2.49. The molecule has 0 aliphatic rings. The lowest BCUT2D eigenvalue weighted by atomic mass is 10.1. The lowest BCUT2D eigenvalue weighted by Gasteiger charge is -2.16. The number of carbonyl (C=O) groups excluding carboxylic acids is 1. The molecule has 3 aromatic rings. The molecule has 2 aromatic heterocycles. The molecule has 0 aliphatic heterocycles. The first-order chi connectivity index (χ1) is 11.2. The zero-order chi connectivity index (χ0) is 16.2. The topological polar surface area (TPSA) is 57.0 Å². The van der Waals surface area contributed by atoms with Gasteiger partial charge in [-0.25, -0.2) is 4.98 Å². The molecular weight excluding hydrogens is 326 g/mol. The summed E-state index contributed by atoms with van der Waals surface area (Å²) in [7, 11) is 1.75. The van der Waals surface area contributed by atoms with E-state index in [1.165, 1.54) is 11.3 Å². The Bertz CT molecular complexity index is 845. The number of thiophene rings is 1. The summed E-state index contributed by atoms with van der Waals surface area (Å²) in [6.07, 6.45) is 0. The van der Waals surface area contributed by atoms with Crippen LogP contribution in [0.3, 0.4) is 0 Å². The number of aromatic nitrogens is 1. The highest BCUT2D eigenvalue weighted by Gasteiger charge is 2.16. The third kappa shape index (κ3) is 3.47. The quantitative estimate of drug-likeness (QED) is 0.721. The minimum atomic E-state index is -0.105. The third-order valence-electron chi connectivity index (χ3n) is 3.34. The number of benzene rings is 1. The van der Waals surface area contributed by atoms with Crippen LogP contribution in [0.5, 0.6) is 0 Å². The fraction of sp³-hybridized carbons (Fsp3) is 0.118. The standard InChI is InChI=1S/C17H13N3OS2/c1-20(9-13-4-2-12(8-18)3-5-13)17(21)15-11-23-16(19-15)14-6-7-22-10-14/h2-7,10-11H,9H2,1H3. The van der Waals surface area contributed by atoms with Crippen molar-refractivity contribution < 1.29 is 4.79 Å². The molecule has 114 valence electrons. The van der Waals surface area contributed by atoms with Gasteiger partial charge in [-0.1, -0.05) is 12.1 Å². The van der Waals surface area contributed by atoms with Gasteiger partial charge in [-0.15, -0.1) is 11.3 Å². The molecular formula is C17H13N3OS2. The van der Waals surface area contributed by atoms with E-state index in [4.69, 9.17) is 5.26 Å². The maximum absolute atomic E-state index is 12.5. The predicted molar refractivity (Wildman–Crippen MR) is 92.4 cm³/mol. The summed E-state index contributed by atoms with van der Waals surface area (Å²) < 4.78 is 0. The largest absolute Gasteiger partial charge is 0.336 e. The number of thiazole rings is 1. The van der Waals surface area contributed by atoms with Crippen LogP contribution in [-0.2, 0) is 6.54 Å². The molecule has 0 spiro atoms. The van der Waals surface area contributed by atoms with E-state index in [0.717, 1.165) is 16.1 Å². The van der Waals surface area contributed by atoms with Crippen molar-refractivity contribution >= 4 is 28.6 Å². The molecule has 23 heavy (non-hydrogen) atoms. The Morgan fingerprint density at radius 3 is 2.70 bits per heavy atom. The summed E-state index contributed by atoms with van der Waals surface area (Å²) in [6, 6.07) is 11.3. The lowest BCUT2D eigenvalue weighted by Crippen LogP contribution is -2.26. The molecule has 6 heteroatoms. The second kappa shape index (κ2) is 6.73. The van der Waals surface area contributed by atoms with Crippen LogP contribution in [0.25, 0.3) is 10.6 Å². The van der Waals surface area contributed by atoms with Crippen molar-refractivity contribution in [1.29, 1.82) is 5.26 Å². The summed E-state index contributed by atoms with van der Waals surface area (Å²) in [6.45, 7) is 0.482. The van der Waals surface area contributed by atoms with Crippen molar-refractivity contribution in [2.45, 2.75) is 6.54 Å². The van der Waals surface area contributed by atoms with Gasteiger partial charge in [0.05, 0.1) is 11.6 Å². The molecule has 0 fully saturated rings. The molecule has 0 aliphatic carbocycles. The van der Waals surface area contributed by atoms with Crippen molar-refractivity contribution in [2.75, 3.05) is 7.05 Å². The minimum Gasteiger partial charge on any atom is -0.336 e. The van der Waals surface area contributed by atoms with Gasteiger partial charge in [0, 0.05) is 29.9 Å². The molecule has 0 atom stereocenters. The number of carbonyl (C=O) groups is 1. The van der Waals surface area contributed by atoms with Gasteiger partial charge in [-0.05, 0) is 29.1 Å². The number of rotatable bonds is 4. The number of amides is 1. The first kappa shape index (κ1) is 15.4. The minimum absolute atomic E-state index is 0.105. The summed E-state index contributed by atoms with van der Waals surface area (Å²) in [5.74, 6) is -0.105. The van der Waals surface area contributed by atoms with Crippen LogP contribution in [0, 0.1) is 11.3 Å². The molecule has 3 rings (SSSR count). The highest BCUT2D eigenvalue weighted by atomic mass is 32.1. The van der Waals surface area contributed by atoms with E-state index < -0.39 is 0 Å². The van der Waals surface area contributed by atoms with Crippen LogP contribution in [0.4, 0.5) is 0 Å². The first-order valence-corrected chi connectivity index (χ1v) is 8.72. The normalized spacial score (nSPS) is 10.3. The van der Waals surface area contributed by atoms with Crippen molar-refractivity contribution in [3.63, 3.8) is 0 Å². The second-order valence-electron chi connectivity index (χ2n) is 5.02. The SMILES string of the molecule is CN(Cc1ccc(C#N)cc1)C(=O)c1csc(-c2ccsc2)n1. The van der Waals surface area contributed by atoms with Gasteiger partial charge in [0.1, 0.15) is 10.7 Å². The Morgan fingerprint density at radius 2 is 2.04 bits per heavy atom. The molecule has 0 saturated heterocycles. The molecule has 0 unspecified atom stereocenters.